The Morgan fingerprint density at radius 3 is 2.65 bits per heavy atom. The minimum atomic E-state index is -3.75. The molecule has 0 atom stereocenters. The van der Waals surface area contributed by atoms with E-state index in [2.05, 4.69) is 5.32 Å². The van der Waals surface area contributed by atoms with Crippen LogP contribution in [-0.2, 0) is 10.0 Å². The molecular weight excluding hydrogens is 336 g/mol. The summed E-state index contributed by atoms with van der Waals surface area (Å²) in [5.74, 6) is 0.432. The third kappa shape index (κ3) is 4.54. The smallest absolute Gasteiger partial charge is 0.261 e. The number of rotatable bonds is 6. The van der Waals surface area contributed by atoms with Gasteiger partial charge in [-0.15, -0.1) is 11.3 Å². The van der Waals surface area contributed by atoms with E-state index in [4.69, 9.17) is 9.88 Å². The summed E-state index contributed by atoms with van der Waals surface area (Å²) >= 11 is 1.37. The zero-order chi connectivity index (χ0) is 17.0. The topological polar surface area (TPSA) is 98.5 Å². The second-order valence-electron chi connectivity index (χ2n) is 5.01. The van der Waals surface area contributed by atoms with Gasteiger partial charge < -0.3 is 10.1 Å². The van der Waals surface area contributed by atoms with Crippen molar-refractivity contribution in [3.05, 3.63) is 45.6 Å². The summed E-state index contributed by atoms with van der Waals surface area (Å²) in [4.78, 5) is 12.5. The lowest BCUT2D eigenvalue weighted by Crippen LogP contribution is -2.27. The number of nitrogens with one attached hydrogen (secondary N) is 1. The molecule has 124 valence electrons. The average Bonchev–Trinajstić information content (AvgIpc) is 2.99. The Morgan fingerprint density at radius 2 is 2.04 bits per heavy atom. The molecule has 1 heterocycles. The van der Waals surface area contributed by atoms with E-state index in [1.807, 2.05) is 11.4 Å². The lowest BCUT2D eigenvalue weighted by Gasteiger charge is -2.12. The Balaban J connectivity index is 1.94. The van der Waals surface area contributed by atoms with Crippen molar-refractivity contribution in [2.75, 3.05) is 13.2 Å². The highest BCUT2D eigenvalue weighted by molar-refractivity contribution is 7.89. The number of primary sulfonamides is 1. The fraction of sp³-hybridized carbons (Fsp3) is 0.267. The standard InChI is InChI=1S/C15H18N2O4S2/c1-10-9-14(23(16,19)20)11(2)8-12(10)21-6-5-17-15(18)13-4-3-7-22-13/h3-4,7-9H,5-6H2,1-2H3,(H,17,18)(H2,16,19,20). The number of carbonyl (C=O) groups is 1. The summed E-state index contributed by atoms with van der Waals surface area (Å²) in [6.45, 7) is 4.04. The maximum Gasteiger partial charge on any atom is 0.261 e. The van der Waals surface area contributed by atoms with Crippen LogP contribution in [0.5, 0.6) is 5.75 Å². The Morgan fingerprint density at radius 1 is 1.30 bits per heavy atom. The SMILES string of the molecule is Cc1cc(S(N)(=O)=O)c(C)cc1OCCNC(=O)c1cccs1. The van der Waals surface area contributed by atoms with Gasteiger partial charge in [0.2, 0.25) is 10.0 Å². The fourth-order valence-corrected chi connectivity index (χ4v) is 3.53. The number of aryl methyl sites for hydroxylation is 2. The maximum atomic E-state index is 11.8. The first-order valence-corrected chi connectivity index (χ1v) is 9.30. The van der Waals surface area contributed by atoms with Gasteiger partial charge in [0.05, 0.1) is 16.3 Å². The Hall–Kier alpha value is -1.90. The van der Waals surface area contributed by atoms with E-state index in [0.29, 0.717) is 28.3 Å². The van der Waals surface area contributed by atoms with Gasteiger partial charge in [-0.25, -0.2) is 13.6 Å². The predicted molar refractivity (Wildman–Crippen MR) is 89.4 cm³/mol. The van der Waals surface area contributed by atoms with Crippen LogP contribution in [-0.4, -0.2) is 27.5 Å². The van der Waals surface area contributed by atoms with E-state index in [1.54, 1.807) is 26.0 Å². The zero-order valence-corrected chi connectivity index (χ0v) is 14.5. The molecule has 3 N–H and O–H groups in total. The monoisotopic (exact) mass is 354 g/mol. The number of hydrogen-bond acceptors (Lipinski definition) is 5. The van der Waals surface area contributed by atoms with Gasteiger partial charge in [0.25, 0.3) is 5.91 Å². The van der Waals surface area contributed by atoms with E-state index >= 15 is 0 Å². The molecule has 2 rings (SSSR count). The summed E-state index contributed by atoms with van der Waals surface area (Å²) in [5, 5.41) is 9.76. The molecule has 1 amide bonds. The van der Waals surface area contributed by atoms with Gasteiger partial charge in [-0.3, -0.25) is 4.79 Å². The van der Waals surface area contributed by atoms with Gasteiger partial charge in [0, 0.05) is 0 Å². The van der Waals surface area contributed by atoms with Crippen LogP contribution in [0.3, 0.4) is 0 Å². The molecule has 0 spiro atoms. The molecule has 23 heavy (non-hydrogen) atoms. The predicted octanol–water partition coefficient (Wildman–Crippen LogP) is 1.82. The molecule has 0 saturated heterocycles. The van der Waals surface area contributed by atoms with Gasteiger partial charge in [-0.05, 0) is 48.6 Å². The summed E-state index contributed by atoms with van der Waals surface area (Å²) in [6, 6.07) is 6.69. The van der Waals surface area contributed by atoms with Crippen molar-refractivity contribution in [2.45, 2.75) is 18.7 Å². The van der Waals surface area contributed by atoms with Crippen LogP contribution < -0.4 is 15.2 Å². The van der Waals surface area contributed by atoms with Crippen LogP contribution in [0.2, 0.25) is 0 Å². The van der Waals surface area contributed by atoms with Crippen molar-refractivity contribution >= 4 is 27.3 Å². The molecule has 6 nitrogen and oxygen atoms in total. The number of nitrogens with two attached hydrogens (primary N) is 1. The number of hydrogen-bond donors (Lipinski definition) is 2. The van der Waals surface area contributed by atoms with Crippen molar-refractivity contribution in [3.63, 3.8) is 0 Å². The largest absolute Gasteiger partial charge is 0.491 e. The molecule has 0 fully saturated rings. The van der Waals surface area contributed by atoms with Crippen LogP contribution in [0, 0.1) is 13.8 Å². The molecular formula is C15H18N2O4S2. The van der Waals surface area contributed by atoms with E-state index < -0.39 is 10.0 Å². The third-order valence-electron chi connectivity index (χ3n) is 3.17. The Bertz CT molecular complexity index is 799. The van der Waals surface area contributed by atoms with E-state index in [0.717, 1.165) is 0 Å². The number of ether oxygens (including phenoxy) is 1. The van der Waals surface area contributed by atoms with Gasteiger partial charge >= 0.3 is 0 Å². The second-order valence-corrected chi connectivity index (χ2v) is 7.49. The van der Waals surface area contributed by atoms with Gasteiger partial charge in [0.1, 0.15) is 12.4 Å². The minimum Gasteiger partial charge on any atom is -0.491 e. The highest BCUT2D eigenvalue weighted by Crippen LogP contribution is 2.25. The van der Waals surface area contributed by atoms with Crippen molar-refractivity contribution < 1.29 is 17.9 Å². The fourth-order valence-electron chi connectivity index (χ4n) is 2.05. The Kier molecular flexibility index (Phi) is 5.40. The first-order valence-electron chi connectivity index (χ1n) is 6.87. The lowest BCUT2D eigenvalue weighted by molar-refractivity contribution is 0.0951. The van der Waals surface area contributed by atoms with Crippen molar-refractivity contribution in [1.29, 1.82) is 0 Å². The molecule has 0 bridgehead atoms. The second kappa shape index (κ2) is 7.12. The summed E-state index contributed by atoms with van der Waals surface area (Å²) in [5.41, 5.74) is 1.19. The molecule has 0 saturated carbocycles. The van der Waals surface area contributed by atoms with Crippen molar-refractivity contribution in [1.82, 2.24) is 5.32 Å². The molecule has 1 aromatic carbocycles. The van der Waals surface area contributed by atoms with Gasteiger partial charge in [0.15, 0.2) is 0 Å². The number of sulfonamides is 1. The average molecular weight is 354 g/mol. The number of carbonyl (C=O) groups excluding carboxylic acids is 1. The highest BCUT2D eigenvalue weighted by Gasteiger charge is 2.14. The van der Waals surface area contributed by atoms with Crippen molar-refractivity contribution in [3.8, 4) is 5.75 Å². The summed E-state index contributed by atoms with van der Waals surface area (Å²) in [7, 11) is -3.75. The third-order valence-corrected chi connectivity index (χ3v) is 5.09. The number of thiophene rings is 1. The molecule has 8 heteroatoms. The lowest BCUT2D eigenvalue weighted by atomic mass is 10.1. The Labute approximate surface area is 139 Å². The maximum absolute atomic E-state index is 11.8. The first kappa shape index (κ1) is 17.5. The van der Waals surface area contributed by atoms with Crippen LogP contribution in [0.4, 0.5) is 0 Å². The molecule has 0 aliphatic rings. The van der Waals surface area contributed by atoms with Gasteiger partial charge in [-0.1, -0.05) is 6.07 Å². The van der Waals surface area contributed by atoms with Crippen LogP contribution in [0.1, 0.15) is 20.8 Å². The zero-order valence-electron chi connectivity index (χ0n) is 12.8. The quantitative estimate of drug-likeness (QED) is 0.773. The normalized spacial score (nSPS) is 11.3. The van der Waals surface area contributed by atoms with E-state index in [1.165, 1.54) is 17.4 Å². The van der Waals surface area contributed by atoms with Crippen LogP contribution in [0.15, 0.2) is 34.5 Å². The molecule has 0 aliphatic carbocycles. The first-order chi connectivity index (χ1) is 10.8. The number of benzene rings is 1. The van der Waals surface area contributed by atoms with Crippen LogP contribution >= 0.6 is 11.3 Å². The minimum absolute atomic E-state index is 0.0911. The van der Waals surface area contributed by atoms with Gasteiger partial charge in [-0.2, -0.15) is 0 Å². The number of amides is 1. The molecule has 1 aromatic heterocycles. The molecule has 0 radical (unpaired) electrons. The summed E-state index contributed by atoms with van der Waals surface area (Å²) in [6.07, 6.45) is 0. The molecule has 0 unspecified atom stereocenters. The van der Waals surface area contributed by atoms with E-state index in [9.17, 15) is 13.2 Å². The van der Waals surface area contributed by atoms with E-state index in [-0.39, 0.29) is 17.4 Å². The molecule has 0 aliphatic heterocycles. The van der Waals surface area contributed by atoms with Crippen LogP contribution in [0.25, 0.3) is 0 Å². The highest BCUT2D eigenvalue weighted by atomic mass is 32.2. The molecule has 2 aromatic rings. The van der Waals surface area contributed by atoms with Crippen molar-refractivity contribution in [2.24, 2.45) is 5.14 Å². The summed E-state index contributed by atoms with van der Waals surface area (Å²) < 4.78 is 28.5.